The molecule has 0 unspecified atom stereocenters. The first-order valence-electron chi connectivity index (χ1n) is 5.81. The van der Waals surface area contributed by atoms with E-state index in [2.05, 4.69) is 0 Å². The van der Waals surface area contributed by atoms with Crippen LogP contribution in [0.2, 0.25) is 0 Å². The first-order valence-corrected chi connectivity index (χ1v) is 5.81. The van der Waals surface area contributed by atoms with Gasteiger partial charge in [-0.1, -0.05) is 37.3 Å². The number of hydrogen-bond acceptors (Lipinski definition) is 4. The summed E-state index contributed by atoms with van der Waals surface area (Å²) in [6.45, 7) is 2.37. The van der Waals surface area contributed by atoms with E-state index in [1.165, 1.54) is 0 Å². The van der Waals surface area contributed by atoms with E-state index >= 15 is 0 Å². The molecule has 94 valence electrons. The second kappa shape index (κ2) is 5.60. The molecule has 1 heterocycles. The summed E-state index contributed by atoms with van der Waals surface area (Å²) in [6, 6.07) is 9.78. The van der Waals surface area contributed by atoms with Gasteiger partial charge in [0.25, 0.3) is 0 Å². The summed E-state index contributed by atoms with van der Waals surface area (Å²) < 4.78 is 11.0. The molecule has 1 aromatic carbocycles. The lowest BCUT2D eigenvalue weighted by atomic mass is 9.97. The van der Waals surface area contributed by atoms with Crippen LogP contribution in [0, 0.1) is 5.92 Å². The maximum absolute atomic E-state index is 9.70. The summed E-state index contributed by atoms with van der Waals surface area (Å²) in [5.74, 6) is -0.234. The molecule has 0 aromatic heterocycles. The summed E-state index contributed by atoms with van der Waals surface area (Å²) in [5, 5.41) is 19.1. The fourth-order valence-electron chi connectivity index (χ4n) is 1.91. The lowest BCUT2D eigenvalue weighted by molar-refractivity contribution is -0.250. The van der Waals surface area contributed by atoms with E-state index < -0.39 is 18.5 Å². The molecule has 0 spiro atoms. The highest BCUT2D eigenvalue weighted by molar-refractivity contribution is 5.13. The number of ether oxygens (including phenoxy) is 2. The second-order valence-corrected chi connectivity index (χ2v) is 4.42. The van der Waals surface area contributed by atoms with Crippen molar-refractivity contribution in [1.82, 2.24) is 0 Å². The van der Waals surface area contributed by atoms with Gasteiger partial charge in [0.2, 0.25) is 0 Å². The molecule has 17 heavy (non-hydrogen) atoms. The fourth-order valence-corrected chi connectivity index (χ4v) is 1.91. The van der Waals surface area contributed by atoms with Crippen LogP contribution in [0.1, 0.15) is 12.5 Å². The molecule has 0 bridgehead atoms. The van der Waals surface area contributed by atoms with Gasteiger partial charge in [0.05, 0.1) is 19.3 Å². The molecule has 1 fully saturated rings. The molecule has 2 N–H and O–H groups in total. The minimum Gasteiger partial charge on any atom is -0.390 e. The van der Waals surface area contributed by atoms with Crippen LogP contribution in [-0.2, 0) is 16.1 Å². The van der Waals surface area contributed by atoms with Crippen LogP contribution < -0.4 is 0 Å². The van der Waals surface area contributed by atoms with Gasteiger partial charge in [-0.25, -0.2) is 0 Å². The van der Waals surface area contributed by atoms with E-state index in [-0.39, 0.29) is 12.5 Å². The number of aliphatic hydroxyl groups excluding tert-OH is 2. The Morgan fingerprint density at radius 3 is 2.71 bits per heavy atom. The van der Waals surface area contributed by atoms with E-state index in [4.69, 9.17) is 9.47 Å². The van der Waals surface area contributed by atoms with Crippen LogP contribution >= 0.6 is 0 Å². The second-order valence-electron chi connectivity index (χ2n) is 4.42. The Hall–Kier alpha value is -0.940. The van der Waals surface area contributed by atoms with Crippen LogP contribution in [0.3, 0.4) is 0 Å². The zero-order chi connectivity index (χ0) is 12.3. The molecule has 4 atom stereocenters. The van der Waals surface area contributed by atoms with Crippen molar-refractivity contribution in [2.45, 2.75) is 32.0 Å². The zero-order valence-corrected chi connectivity index (χ0v) is 9.82. The summed E-state index contributed by atoms with van der Waals surface area (Å²) >= 11 is 0. The maximum atomic E-state index is 9.70. The van der Waals surface area contributed by atoms with Gasteiger partial charge in [0, 0.05) is 5.92 Å². The lowest BCUT2D eigenvalue weighted by Crippen LogP contribution is -2.48. The molecular formula is C13H18O4. The zero-order valence-electron chi connectivity index (χ0n) is 9.82. The lowest BCUT2D eigenvalue weighted by Gasteiger charge is -2.36. The SMILES string of the molecule is C[C@@H]1[C@@H](OCc2ccccc2)OC[C@@H](O)[C@H]1O. The minimum absolute atomic E-state index is 0.116. The Bertz CT molecular complexity index is 341. The standard InChI is InChI=1S/C13H18O4/c1-9-12(15)11(14)8-17-13(9)16-7-10-5-3-2-4-6-10/h2-6,9,11-15H,7-8H2,1H3/t9-,11+,12-,13-/m0/s1. The monoisotopic (exact) mass is 238 g/mol. The third-order valence-corrected chi connectivity index (χ3v) is 3.05. The first-order chi connectivity index (χ1) is 8.18. The van der Waals surface area contributed by atoms with Crippen molar-refractivity contribution in [2.75, 3.05) is 6.61 Å². The summed E-state index contributed by atoms with van der Waals surface area (Å²) in [4.78, 5) is 0. The van der Waals surface area contributed by atoms with Crippen LogP contribution in [0.25, 0.3) is 0 Å². The highest BCUT2D eigenvalue weighted by atomic mass is 16.7. The first kappa shape index (κ1) is 12.5. The summed E-state index contributed by atoms with van der Waals surface area (Å²) in [7, 11) is 0. The summed E-state index contributed by atoms with van der Waals surface area (Å²) in [6.07, 6.45) is -2.07. The van der Waals surface area contributed by atoms with Crippen molar-refractivity contribution in [3.8, 4) is 0 Å². The smallest absolute Gasteiger partial charge is 0.163 e. The van der Waals surface area contributed by atoms with E-state index in [1.807, 2.05) is 37.3 Å². The minimum atomic E-state index is -0.818. The van der Waals surface area contributed by atoms with Crippen molar-refractivity contribution >= 4 is 0 Å². The van der Waals surface area contributed by atoms with E-state index in [1.54, 1.807) is 0 Å². The number of hydrogen-bond donors (Lipinski definition) is 2. The third-order valence-electron chi connectivity index (χ3n) is 3.05. The van der Waals surface area contributed by atoms with Crippen molar-refractivity contribution in [2.24, 2.45) is 5.92 Å². The molecule has 1 aromatic rings. The van der Waals surface area contributed by atoms with E-state index in [0.29, 0.717) is 6.61 Å². The molecule has 1 saturated heterocycles. The predicted molar refractivity (Wildman–Crippen MR) is 62.1 cm³/mol. The van der Waals surface area contributed by atoms with Gasteiger partial charge in [-0.15, -0.1) is 0 Å². The predicted octanol–water partition coefficient (Wildman–Crippen LogP) is 0.917. The largest absolute Gasteiger partial charge is 0.390 e. The van der Waals surface area contributed by atoms with Crippen molar-refractivity contribution in [3.05, 3.63) is 35.9 Å². The molecule has 0 amide bonds. The maximum Gasteiger partial charge on any atom is 0.163 e. The van der Waals surface area contributed by atoms with Crippen LogP contribution in [0.15, 0.2) is 30.3 Å². The Balaban J connectivity index is 1.87. The highest BCUT2D eigenvalue weighted by Gasteiger charge is 2.36. The average molecular weight is 238 g/mol. The molecule has 0 saturated carbocycles. The Morgan fingerprint density at radius 1 is 1.29 bits per heavy atom. The Morgan fingerprint density at radius 2 is 2.00 bits per heavy atom. The number of aliphatic hydroxyl groups is 2. The van der Waals surface area contributed by atoms with Gasteiger partial charge in [-0.2, -0.15) is 0 Å². The number of rotatable bonds is 3. The van der Waals surface area contributed by atoms with E-state index in [9.17, 15) is 10.2 Å². The molecule has 0 aliphatic carbocycles. The molecule has 1 aliphatic rings. The fraction of sp³-hybridized carbons (Fsp3) is 0.538. The van der Waals surface area contributed by atoms with Gasteiger partial charge in [-0.3, -0.25) is 0 Å². The quantitative estimate of drug-likeness (QED) is 0.822. The third kappa shape index (κ3) is 3.04. The van der Waals surface area contributed by atoms with Gasteiger partial charge in [0.15, 0.2) is 6.29 Å². The number of benzene rings is 1. The average Bonchev–Trinajstić information content (AvgIpc) is 2.36. The Labute approximate surface area is 101 Å². The van der Waals surface area contributed by atoms with Crippen LogP contribution in [0.5, 0.6) is 0 Å². The molecule has 0 radical (unpaired) electrons. The molecular weight excluding hydrogens is 220 g/mol. The summed E-state index contributed by atoms with van der Waals surface area (Å²) in [5.41, 5.74) is 1.06. The van der Waals surface area contributed by atoms with Crippen molar-refractivity contribution < 1.29 is 19.7 Å². The van der Waals surface area contributed by atoms with E-state index in [0.717, 1.165) is 5.56 Å². The molecule has 2 rings (SSSR count). The molecule has 4 nitrogen and oxygen atoms in total. The normalized spacial score (nSPS) is 33.6. The van der Waals surface area contributed by atoms with Crippen molar-refractivity contribution in [1.29, 1.82) is 0 Å². The molecule has 4 heteroatoms. The Kier molecular flexibility index (Phi) is 4.12. The van der Waals surface area contributed by atoms with Crippen LogP contribution in [0.4, 0.5) is 0 Å². The van der Waals surface area contributed by atoms with Crippen molar-refractivity contribution in [3.63, 3.8) is 0 Å². The highest BCUT2D eigenvalue weighted by Crippen LogP contribution is 2.23. The molecule has 1 aliphatic heterocycles. The topological polar surface area (TPSA) is 58.9 Å². The van der Waals surface area contributed by atoms with Gasteiger partial charge < -0.3 is 19.7 Å². The van der Waals surface area contributed by atoms with Gasteiger partial charge in [0.1, 0.15) is 6.10 Å². The van der Waals surface area contributed by atoms with Gasteiger partial charge in [-0.05, 0) is 5.56 Å². The van der Waals surface area contributed by atoms with Gasteiger partial charge >= 0.3 is 0 Å². The van der Waals surface area contributed by atoms with Crippen LogP contribution in [-0.4, -0.2) is 35.3 Å².